The monoisotopic (exact) mass is 289 g/mol. The van der Waals surface area contributed by atoms with Gasteiger partial charge >= 0.3 is 6.09 Å². The van der Waals surface area contributed by atoms with E-state index in [1.807, 2.05) is 32.9 Å². The lowest BCUT2D eigenvalue weighted by Gasteiger charge is -2.19. The van der Waals surface area contributed by atoms with Crippen molar-refractivity contribution in [1.82, 2.24) is 5.32 Å². The normalized spacial score (nSPS) is 11.9. The minimum absolute atomic E-state index is 0.389. The second-order valence-corrected chi connectivity index (χ2v) is 6.62. The van der Waals surface area contributed by atoms with E-state index in [4.69, 9.17) is 4.74 Å². The molecule has 0 aliphatic carbocycles. The summed E-state index contributed by atoms with van der Waals surface area (Å²) in [5, 5.41) is 2.70. The van der Waals surface area contributed by atoms with Crippen molar-refractivity contribution in [2.75, 3.05) is 6.54 Å². The molecule has 1 aromatic rings. The summed E-state index contributed by atoms with van der Waals surface area (Å²) in [6.45, 7) is 10.4. The van der Waals surface area contributed by atoms with E-state index in [9.17, 15) is 4.79 Å². The molecule has 0 unspecified atom stereocenters. The molecular weight excluding hydrogens is 262 g/mol. The molecule has 0 aliphatic rings. The highest BCUT2D eigenvalue weighted by Crippen LogP contribution is 2.10. The van der Waals surface area contributed by atoms with Crippen LogP contribution in [0.4, 0.5) is 4.79 Å². The van der Waals surface area contributed by atoms with Crippen molar-refractivity contribution in [1.29, 1.82) is 0 Å². The molecule has 0 saturated heterocycles. The molecule has 0 spiro atoms. The number of carbonyl (C=O) groups excluding carboxylic acids is 1. The molecule has 0 aliphatic heterocycles. The number of carbonyl (C=O) groups is 1. The van der Waals surface area contributed by atoms with Crippen LogP contribution in [0.2, 0.25) is 0 Å². The fraction of sp³-hybridized carbons (Fsp3) is 0.500. The van der Waals surface area contributed by atoms with Crippen molar-refractivity contribution in [3.63, 3.8) is 0 Å². The SMILES string of the molecule is CC(C)Cc1ccc(C=CCNC(=O)OC(C)(C)C)cc1. The molecule has 1 aromatic carbocycles. The molecule has 1 N–H and O–H groups in total. The summed E-state index contributed by atoms with van der Waals surface area (Å²) in [5.41, 5.74) is 2.03. The quantitative estimate of drug-likeness (QED) is 0.871. The molecule has 0 fully saturated rings. The Balaban J connectivity index is 2.38. The van der Waals surface area contributed by atoms with Crippen LogP contribution < -0.4 is 5.32 Å². The van der Waals surface area contributed by atoms with Gasteiger partial charge in [-0.3, -0.25) is 0 Å². The first-order chi connectivity index (χ1) is 9.76. The van der Waals surface area contributed by atoms with Gasteiger partial charge in [-0.05, 0) is 44.2 Å². The first-order valence-electron chi connectivity index (χ1n) is 7.48. The number of hydrogen-bond donors (Lipinski definition) is 1. The Labute approximate surface area is 128 Å². The molecule has 0 aromatic heterocycles. The lowest BCUT2D eigenvalue weighted by molar-refractivity contribution is 0.0534. The number of hydrogen-bond acceptors (Lipinski definition) is 2. The minimum Gasteiger partial charge on any atom is -0.444 e. The van der Waals surface area contributed by atoms with Crippen LogP contribution in [0, 0.1) is 5.92 Å². The van der Waals surface area contributed by atoms with Crippen LogP contribution in [0.3, 0.4) is 0 Å². The molecule has 0 bridgehead atoms. The van der Waals surface area contributed by atoms with E-state index in [-0.39, 0.29) is 6.09 Å². The summed E-state index contributed by atoms with van der Waals surface area (Å²) >= 11 is 0. The van der Waals surface area contributed by atoms with Gasteiger partial charge < -0.3 is 10.1 Å². The second kappa shape index (κ2) is 7.87. The summed E-state index contributed by atoms with van der Waals surface area (Å²) < 4.78 is 5.16. The predicted molar refractivity (Wildman–Crippen MR) is 88.3 cm³/mol. The molecule has 1 amide bonds. The predicted octanol–water partition coefficient (Wildman–Crippen LogP) is 4.42. The first-order valence-corrected chi connectivity index (χ1v) is 7.48. The third kappa shape index (κ3) is 8.18. The van der Waals surface area contributed by atoms with Crippen LogP contribution in [-0.2, 0) is 11.2 Å². The zero-order valence-corrected chi connectivity index (χ0v) is 13.8. The minimum atomic E-state index is -0.458. The number of benzene rings is 1. The van der Waals surface area contributed by atoms with Crippen LogP contribution in [0.25, 0.3) is 6.08 Å². The van der Waals surface area contributed by atoms with Gasteiger partial charge in [0.05, 0.1) is 0 Å². The van der Waals surface area contributed by atoms with Gasteiger partial charge in [0.25, 0.3) is 0 Å². The van der Waals surface area contributed by atoms with Crippen LogP contribution in [-0.4, -0.2) is 18.2 Å². The molecule has 0 heterocycles. The van der Waals surface area contributed by atoms with E-state index < -0.39 is 5.60 Å². The van der Waals surface area contributed by atoms with Crippen LogP contribution >= 0.6 is 0 Å². The molecule has 1 rings (SSSR count). The van der Waals surface area contributed by atoms with Gasteiger partial charge in [-0.2, -0.15) is 0 Å². The van der Waals surface area contributed by atoms with Crippen molar-refractivity contribution >= 4 is 12.2 Å². The lowest BCUT2D eigenvalue weighted by Crippen LogP contribution is -2.32. The third-order valence-corrected chi connectivity index (χ3v) is 2.70. The molecule has 0 saturated carbocycles. The fourth-order valence-corrected chi connectivity index (χ4v) is 1.89. The Bertz CT molecular complexity index is 467. The van der Waals surface area contributed by atoms with Gasteiger partial charge in [-0.25, -0.2) is 4.79 Å². The number of ether oxygens (including phenoxy) is 1. The number of amides is 1. The van der Waals surface area contributed by atoms with Crippen molar-refractivity contribution in [2.45, 2.75) is 46.6 Å². The number of rotatable bonds is 5. The van der Waals surface area contributed by atoms with Gasteiger partial charge in [-0.15, -0.1) is 0 Å². The first kappa shape index (κ1) is 17.3. The van der Waals surface area contributed by atoms with Gasteiger partial charge in [-0.1, -0.05) is 50.3 Å². The average molecular weight is 289 g/mol. The molecule has 0 radical (unpaired) electrons. The van der Waals surface area contributed by atoms with Gasteiger partial charge in [0.15, 0.2) is 0 Å². The number of nitrogens with one attached hydrogen (secondary N) is 1. The Morgan fingerprint density at radius 1 is 1.24 bits per heavy atom. The summed E-state index contributed by atoms with van der Waals surface area (Å²) in [7, 11) is 0. The van der Waals surface area contributed by atoms with Crippen molar-refractivity contribution in [3.05, 3.63) is 41.5 Å². The summed E-state index contributed by atoms with van der Waals surface area (Å²) in [6.07, 6.45) is 4.63. The fourth-order valence-electron chi connectivity index (χ4n) is 1.89. The van der Waals surface area contributed by atoms with Crippen LogP contribution in [0.15, 0.2) is 30.3 Å². The van der Waals surface area contributed by atoms with E-state index in [2.05, 4.69) is 43.4 Å². The summed E-state index contributed by atoms with van der Waals surface area (Å²) in [5.74, 6) is 0.671. The average Bonchev–Trinajstić information content (AvgIpc) is 2.34. The zero-order valence-electron chi connectivity index (χ0n) is 13.8. The maximum atomic E-state index is 11.5. The molecule has 116 valence electrons. The van der Waals surface area contributed by atoms with E-state index in [0.717, 1.165) is 12.0 Å². The Kier molecular flexibility index (Phi) is 6.47. The van der Waals surface area contributed by atoms with Gasteiger partial charge in [0.1, 0.15) is 5.60 Å². The smallest absolute Gasteiger partial charge is 0.407 e. The molecular formula is C18H27NO2. The zero-order chi connectivity index (χ0) is 15.9. The van der Waals surface area contributed by atoms with E-state index in [1.54, 1.807) is 0 Å². The van der Waals surface area contributed by atoms with E-state index >= 15 is 0 Å². The largest absolute Gasteiger partial charge is 0.444 e. The van der Waals surface area contributed by atoms with Gasteiger partial charge in [0.2, 0.25) is 0 Å². The molecule has 21 heavy (non-hydrogen) atoms. The maximum absolute atomic E-state index is 11.5. The summed E-state index contributed by atoms with van der Waals surface area (Å²) in [4.78, 5) is 11.5. The Hall–Kier alpha value is -1.77. The van der Waals surface area contributed by atoms with E-state index in [0.29, 0.717) is 12.5 Å². The van der Waals surface area contributed by atoms with E-state index in [1.165, 1.54) is 5.56 Å². The molecule has 3 nitrogen and oxygen atoms in total. The standard InChI is InChI=1S/C18H27NO2/c1-14(2)13-16-10-8-15(9-11-16)7-6-12-19-17(20)21-18(3,4)5/h6-11,14H,12-13H2,1-5H3,(H,19,20). The number of alkyl carbamates (subject to hydrolysis) is 1. The summed E-state index contributed by atoms with van der Waals surface area (Å²) in [6, 6.07) is 8.51. The third-order valence-electron chi connectivity index (χ3n) is 2.70. The molecule has 0 atom stereocenters. The Morgan fingerprint density at radius 2 is 1.86 bits per heavy atom. The van der Waals surface area contributed by atoms with Crippen LogP contribution in [0.1, 0.15) is 45.7 Å². The topological polar surface area (TPSA) is 38.3 Å². The van der Waals surface area contributed by atoms with Crippen molar-refractivity contribution in [2.24, 2.45) is 5.92 Å². The van der Waals surface area contributed by atoms with Gasteiger partial charge in [0, 0.05) is 6.54 Å². The highest BCUT2D eigenvalue weighted by atomic mass is 16.6. The Morgan fingerprint density at radius 3 is 2.38 bits per heavy atom. The maximum Gasteiger partial charge on any atom is 0.407 e. The van der Waals surface area contributed by atoms with Crippen molar-refractivity contribution in [3.8, 4) is 0 Å². The lowest BCUT2D eigenvalue weighted by atomic mass is 10.0. The molecule has 3 heteroatoms. The highest BCUT2D eigenvalue weighted by molar-refractivity contribution is 5.68. The second-order valence-electron chi connectivity index (χ2n) is 6.62. The van der Waals surface area contributed by atoms with Crippen LogP contribution in [0.5, 0.6) is 0 Å². The van der Waals surface area contributed by atoms with Crippen molar-refractivity contribution < 1.29 is 9.53 Å². The highest BCUT2D eigenvalue weighted by Gasteiger charge is 2.14.